The van der Waals surface area contributed by atoms with E-state index in [-0.39, 0.29) is 35.7 Å². The fourth-order valence-corrected chi connectivity index (χ4v) is 1.39. The number of rotatable bonds is 5. The van der Waals surface area contributed by atoms with Gasteiger partial charge in [-0.3, -0.25) is 0 Å². The number of hydrogen-bond donors (Lipinski definition) is 0. The first kappa shape index (κ1) is 13.5. The van der Waals surface area contributed by atoms with Gasteiger partial charge in [0, 0.05) is 6.07 Å². The molecule has 0 aliphatic rings. The Balaban J connectivity index is 2.88. The molecule has 0 heterocycles. The first-order valence-corrected chi connectivity index (χ1v) is 6.01. The summed E-state index contributed by atoms with van der Waals surface area (Å²) in [4.78, 5) is 13.4. The zero-order chi connectivity index (χ0) is 12.0. The predicted octanol–water partition coefficient (Wildman–Crippen LogP) is 4.27. The molecule has 0 saturated carbocycles. The lowest BCUT2D eigenvalue weighted by Gasteiger charge is -2.18. The van der Waals surface area contributed by atoms with Crippen LogP contribution in [0.4, 0.5) is 13.5 Å². The maximum atomic E-state index is 12.4. The summed E-state index contributed by atoms with van der Waals surface area (Å²) in [7, 11) is 0. The Bertz CT molecular complexity index is 411. The Labute approximate surface area is 107 Å². The van der Waals surface area contributed by atoms with Crippen LogP contribution in [0.15, 0.2) is 29.3 Å². The second-order valence-electron chi connectivity index (χ2n) is 2.44. The summed E-state index contributed by atoms with van der Waals surface area (Å²) in [6.45, 7) is 0. The van der Waals surface area contributed by atoms with E-state index in [0.717, 1.165) is 0 Å². The van der Waals surface area contributed by atoms with Crippen LogP contribution in [0.25, 0.3) is 0 Å². The van der Waals surface area contributed by atoms with Crippen LogP contribution in [0.5, 0.6) is 5.75 Å². The third-order valence-electron chi connectivity index (χ3n) is 1.42. The van der Waals surface area contributed by atoms with Gasteiger partial charge in [0.1, 0.15) is 30.0 Å². The van der Waals surface area contributed by atoms with Crippen molar-refractivity contribution >= 4 is 52.0 Å². The van der Waals surface area contributed by atoms with E-state index in [0.29, 0.717) is 0 Å². The van der Waals surface area contributed by atoms with Crippen molar-refractivity contribution < 1.29 is 17.3 Å². The minimum absolute atomic E-state index is 0.170. The summed E-state index contributed by atoms with van der Waals surface area (Å²) in [6, 6.07) is 5.89. The zero-order valence-corrected chi connectivity index (χ0v) is 10.7. The number of ether oxygens (including phenoxy) is 1. The maximum absolute atomic E-state index is 12.4. The van der Waals surface area contributed by atoms with E-state index in [1.54, 1.807) is 0 Å². The van der Waals surface area contributed by atoms with Gasteiger partial charge in [-0.15, -0.1) is 0 Å². The van der Waals surface area contributed by atoms with Gasteiger partial charge in [0.05, 0.1) is 5.69 Å². The lowest BCUT2D eigenvalue weighted by atomic mass is 10.3. The molecule has 0 aliphatic heterocycles. The van der Waals surface area contributed by atoms with Gasteiger partial charge in [-0.25, -0.2) is 4.79 Å². The number of benzene rings is 1. The van der Waals surface area contributed by atoms with Crippen LogP contribution >= 0.6 is 40.2 Å². The van der Waals surface area contributed by atoms with Crippen LogP contribution in [0.2, 0.25) is 0 Å². The Kier molecular flexibility index (Phi) is 5.27. The van der Waals surface area contributed by atoms with Crippen molar-refractivity contribution in [1.29, 1.82) is 0 Å². The molecule has 3 nitrogen and oxygen atoms in total. The molecule has 0 spiro atoms. The summed E-state index contributed by atoms with van der Waals surface area (Å²) in [5, 5.41) is 0. The first-order chi connectivity index (χ1) is 7.63. The molecule has 0 aliphatic carbocycles. The van der Waals surface area contributed by atoms with Crippen molar-refractivity contribution in [3.05, 3.63) is 24.3 Å². The molecule has 1 aromatic rings. The van der Waals surface area contributed by atoms with Crippen LogP contribution in [-0.4, -0.2) is 9.25 Å². The van der Waals surface area contributed by atoms with Crippen molar-refractivity contribution in [1.82, 2.24) is 0 Å². The summed E-state index contributed by atoms with van der Waals surface area (Å²) in [5.41, 5.74) is 0.287. The molecule has 16 heavy (non-hydrogen) atoms. The largest absolute Gasteiger partial charge is 0.453 e. The molecule has 0 unspecified atom stereocenters. The standard InChI is InChI=1S/C8H4BrF2NO2S2/c9-8(15-10,16-11)14-7-3-1-2-6(4-7)12-5-13/h1-4H. The number of alkyl halides is 1. The summed E-state index contributed by atoms with van der Waals surface area (Å²) < 4.78 is 27.9. The molecule has 1 aromatic carbocycles. The Morgan fingerprint density at radius 2 is 2.12 bits per heavy atom. The summed E-state index contributed by atoms with van der Waals surface area (Å²) >= 11 is 2.05. The molecule has 0 bridgehead atoms. The molecular weight excluding hydrogens is 324 g/mol. The van der Waals surface area contributed by atoms with E-state index < -0.39 is 3.17 Å². The van der Waals surface area contributed by atoms with Crippen molar-refractivity contribution in [3.63, 3.8) is 0 Å². The molecule has 0 saturated heterocycles. The highest BCUT2D eigenvalue weighted by atomic mass is 79.9. The Hall–Kier alpha value is -0.560. The molecule has 1 rings (SSSR count). The molecule has 0 fully saturated rings. The van der Waals surface area contributed by atoms with E-state index in [4.69, 9.17) is 4.74 Å². The van der Waals surface area contributed by atoms with Gasteiger partial charge < -0.3 is 4.74 Å². The van der Waals surface area contributed by atoms with E-state index in [9.17, 15) is 12.6 Å². The lowest BCUT2D eigenvalue weighted by molar-refractivity contribution is 0.338. The quantitative estimate of drug-likeness (QED) is 0.350. The van der Waals surface area contributed by atoms with Crippen molar-refractivity contribution in [2.75, 3.05) is 0 Å². The summed E-state index contributed by atoms with van der Waals surface area (Å²) in [5.74, 6) is 0.170. The van der Waals surface area contributed by atoms with Crippen LogP contribution < -0.4 is 4.74 Å². The van der Waals surface area contributed by atoms with Gasteiger partial charge in [0.15, 0.2) is 0 Å². The minimum atomic E-state index is -1.85. The minimum Gasteiger partial charge on any atom is -0.453 e. The first-order valence-electron chi connectivity index (χ1n) is 3.79. The predicted molar refractivity (Wildman–Crippen MR) is 63.9 cm³/mol. The normalized spacial score (nSPS) is 10.7. The Morgan fingerprint density at radius 3 is 2.69 bits per heavy atom. The van der Waals surface area contributed by atoms with Gasteiger partial charge >= 0.3 is 3.17 Å². The highest BCUT2D eigenvalue weighted by molar-refractivity contribution is 9.13. The average molecular weight is 328 g/mol. The SMILES string of the molecule is O=C=Nc1cccc(OC(Br)(SF)SF)c1. The Morgan fingerprint density at radius 1 is 1.44 bits per heavy atom. The monoisotopic (exact) mass is 327 g/mol. The van der Waals surface area contributed by atoms with Crippen molar-refractivity contribution in [3.8, 4) is 5.75 Å². The number of carbonyl (C=O) groups excluding carboxylic acids is 1. The van der Waals surface area contributed by atoms with Gasteiger partial charge in [-0.1, -0.05) is 6.07 Å². The second-order valence-corrected chi connectivity index (χ2v) is 6.32. The average Bonchev–Trinajstić information content (AvgIpc) is 2.30. The maximum Gasteiger partial charge on any atom is 0.316 e. The highest BCUT2D eigenvalue weighted by Crippen LogP contribution is 2.46. The van der Waals surface area contributed by atoms with Gasteiger partial charge in [-0.05, 0) is 28.1 Å². The molecule has 86 valence electrons. The van der Waals surface area contributed by atoms with Gasteiger partial charge in [-0.2, -0.15) is 12.8 Å². The number of halogens is 3. The van der Waals surface area contributed by atoms with Gasteiger partial charge in [0.2, 0.25) is 6.08 Å². The summed E-state index contributed by atoms with van der Waals surface area (Å²) in [6.07, 6.45) is 1.35. The number of aliphatic imine (C=N–C) groups is 1. The zero-order valence-electron chi connectivity index (χ0n) is 7.52. The second kappa shape index (κ2) is 6.24. The van der Waals surface area contributed by atoms with Crippen molar-refractivity contribution in [2.24, 2.45) is 4.99 Å². The highest BCUT2D eigenvalue weighted by Gasteiger charge is 2.33. The van der Waals surface area contributed by atoms with E-state index >= 15 is 0 Å². The number of isocyanates is 1. The van der Waals surface area contributed by atoms with Crippen LogP contribution in [0.1, 0.15) is 0 Å². The third-order valence-corrected chi connectivity index (χ3v) is 3.23. The van der Waals surface area contributed by atoms with Crippen LogP contribution in [0, 0.1) is 0 Å². The number of hydrogen-bond acceptors (Lipinski definition) is 5. The molecule has 0 radical (unpaired) electrons. The van der Waals surface area contributed by atoms with Gasteiger partial charge in [0.25, 0.3) is 0 Å². The van der Waals surface area contributed by atoms with Crippen LogP contribution in [0.3, 0.4) is 0 Å². The molecule has 0 amide bonds. The third kappa shape index (κ3) is 3.79. The lowest BCUT2D eigenvalue weighted by Crippen LogP contribution is -2.16. The van der Waals surface area contributed by atoms with Crippen molar-refractivity contribution in [2.45, 2.75) is 3.17 Å². The molecule has 8 heteroatoms. The molecule has 0 N–H and O–H groups in total. The molecule has 0 aromatic heterocycles. The molecule has 0 atom stereocenters. The topological polar surface area (TPSA) is 38.7 Å². The smallest absolute Gasteiger partial charge is 0.316 e. The van der Waals surface area contributed by atoms with Crippen LogP contribution in [-0.2, 0) is 4.79 Å². The van der Waals surface area contributed by atoms with E-state index in [1.807, 2.05) is 0 Å². The van der Waals surface area contributed by atoms with E-state index in [1.165, 1.54) is 30.3 Å². The fourth-order valence-electron chi connectivity index (χ4n) is 0.853. The number of nitrogens with zero attached hydrogens (tertiary/aromatic N) is 1. The van der Waals surface area contributed by atoms with E-state index in [2.05, 4.69) is 20.9 Å². The fraction of sp³-hybridized carbons (Fsp3) is 0.125. The molecular formula is C8H4BrF2NO2S2.